The topological polar surface area (TPSA) is 9.23 Å². The summed E-state index contributed by atoms with van der Waals surface area (Å²) in [4.78, 5) is 0. The second-order valence-electron chi connectivity index (χ2n) is 2.47. The van der Waals surface area contributed by atoms with Crippen molar-refractivity contribution in [1.29, 1.82) is 0 Å². The predicted octanol–water partition coefficient (Wildman–Crippen LogP) is -1.11. The summed E-state index contributed by atoms with van der Waals surface area (Å²) in [6, 6.07) is 2.08. The van der Waals surface area contributed by atoms with Gasteiger partial charge in [-0.05, 0) is 12.1 Å². The molecule has 0 spiro atoms. The molecule has 0 heterocycles. The summed E-state index contributed by atoms with van der Waals surface area (Å²) in [6.45, 7) is -5.09. The number of methoxy groups -OCH3 is 1. The van der Waals surface area contributed by atoms with Crippen LogP contribution in [0.4, 0.5) is 17.3 Å². The monoisotopic (exact) mass is 232 g/mol. The number of hydrogen-bond donors (Lipinski definition) is 0. The van der Waals surface area contributed by atoms with Gasteiger partial charge in [0.05, 0.1) is 7.11 Å². The Balaban J connectivity index is 0.00000169. The van der Waals surface area contributed by atoms with Crippen LogP contribution in [0.3, 0.4) is 0 Å². The third-order valence-corrected chi connectivity index (χ3v) is 1.55. The first-order valence-electron chi connectivity index (χ1n) is 3.48. The van der Waals surface area contributed by atoms with E-state index in [9.17, 15) is 17.3 Å². The Morgan fingerprint density at radius 1 is 1.21 bits per heavy atom. The van der Waals surface area contributed by atoms with E-state index in [1.165, 1.54) is 0 Å². The average Bonchev–Trinajstić information content (AvgIpc) is 2.03. The number of rotatable bonds is 2. The summed E-state index contributed by atoms with van der Waals surface area (Å²) in [7, 11) is 1.12. The number of benzene rings is 1. The van der Waals surface area contributed by atoms with E-state index in [4.69, 9.17) is 0 Å². The molecular formula is C7H6BF4KO. The summed E-state index contributed by atoms with van der Waals surface area (Å²) in [6.07, 6.45) is 0. The van der Waals surface area contributed by atoms with Crippen LogP contribution in [0.5, 0.6) is 5.75 Å². The molecule has 0 amide bonds. The molecule has 0 saturated carbocycles. The van der Waals surface area contributed by atoms with Gasteiger partial charge in [0.15, 0.2) is 11.6 Å². The van der Waals surface area contributed by atoms with Gasteiger partial charge >= 0.3 is 58.4 Å². The summed E-state index contributed by atoms with van der Waals surface area (Å²) < 4.78 is 53.4. The van der Waals surface area contributed by atoms with Crippen LogP contribution in [0, 0.1) is 5.82 Å². The summed E-state index contributed by atoms with van der Waals surface area (Å²) >= 11 is 0. The predicted molar refractivity (Wildman–Crippen MR) is 41.7 cm³/mol. The Labute approximate surface area is 121 Å². The van der Waals surface area contributed by atoms with E-state index in [2.05, 4.69) is 4.74 Å². The average molecular weight is 232 g/mol. The molecule has 0 fully saturated rings. The van der Waals surface area contributed by atoms with Crippen LogP contribution in [-0.4, -0.2) is 14.1 Å². The third kappa shape index (κ3) is 3.54. The zero-order valence-corrected chi connectivity index (χ0v) is 10.9. The van der Waals surface area contributed by atoms with Gasteiger partial charge in [-0.25, -0.2) is 4.39 Å². The van der Waals surface area contributed by atoms with Crippen LogP contribution in [0.1, 0.15) is 0 Å². The Hall–Kier alpha value is 0.441. The molecule has 1 aromatic rings. The van der Waals surface area contributed by atoms with Crippen molar-refractivity contribution in [2.75, 3.05) is 7.11 Å². The van der Waals surface area contributed by atoms with E-state index in [1.807, 2.05) is 0 Å². The standard InChI is InChI=1S/C7H6BF4O.K/c1-13-7-4-5(8(10,11)12)2-3-6(7)9;/h2-4H,1H3;/q-1;+1. The fraction of sp³-hybridized carbons (Fsp3) is 0.143. The van der Waals surface area contributed by atoms with Crippen molar-refractivity contribution in [3.8, 4) is 5.75 Å². The molecule has 0 aromatic heterocycles. The quantitative estimate of drug-likeness (QED) is 0.464. The van der Waals surface area contributed by atoms with Crippen molar-refractivity contribution in [3.05, 3.63) is 24.0 Å². The molecule has 0 bridgehead atoms. The first-order chi connectivity index (χ1) is 5.95. The van der Waals surface area contributed by atoms with Crippen molar-refractivity contribution in [3.63, 3.8) is 0 Å². The van der Waals surface area contributed by atoms with Crippen molar-refractivity contribution in [2.45, 2.75) is 0 Å². The summed E-state index contributed by atoms with van der Waals surface area (Å²) in [5.74, 6) is -1.19. The fourth-order valence-corrected chi connectivity index (χ4v) is 0.880. The zero-order chi connectivity index (χ0) is 10.1. The van der Waals surface area contributed by atoms with E-state index in [0.29, 0.717) is 12.1 Å². The number of halogens is 4. The van der Waals surface area contributed by atoms with Crippen molar-refractivity contribution >= 4 is 12.4 Å². The molecule has 1 nitrogen and oxygen atoms in total. The van der Waals surface area contributed by atoms with E-state index in [-0.39, 0.29) is 51.4 Å². The zero-order valence-electron chi connectivity index (χ0n) is 7.73. The molecule has 0 radical (unpaired) electrons. The molecule has 0 unspecified atom stereocenters. The van der Waals surface area contributed by atoms with Crippen molar-refractivity contribution in [2.24, 2.45) is 0 Å². The van der Waals surface area contributed by atoms with E-state index < -0.39 is 24.0 Å². The molecule has 72 valence electrons. The maximum Gasteiger partial charge on any atom is 1.00 e. The Kier molecular flexibility index (Phi) is 5.68. The molecule has 0 N–H and O–H groups in total. The largest absolute Gasteiger partial charge is 1.00 e. The molecule has 0 saturated heterocycles. The van der Waals surface area contributed by atoms with E-state index >= 15 is 0 Å². The molecule has 0 aliphatic heterocycles. The SMILES string of the molecule is COc1cc([B-](F)(F)F)ccc1F.[K+]. The fourth-order valence-electron chi connectivity index (χ4n) is 0.880. The van der Waals surface area contributed by atoms with Gasteiger partial charge in [-0.3, -0.25) is 0 Å². The molecule has 0 aliphatic rings. The van der Waals surface area contributed by atoms with Gasteiger partial charge in [-0.15, -0.1) is 5.46 Å². The van der Waals surface area contributed by atoms with Gasteiger partial charge < -0.3 is 17.7 Å². The smallest absolute Gasteiger partial charge is 0.494 e. The van der Waals surface area contributed by atoms with Crippen LogP contribution in [0.25, 0.3) is 0 Å². The second kappa shape index (κ2) is 5.50. The maximum absolute atomic E-state index is 12.7. The molecular weight excluding hydrogens is 226 g/mol. The van der Waals surface area contributed by atoms with Gasteiger partial charge in [0.25, 0.3) is 0 Å². The summed E-state index contributed by atoms with van der Waals surface area (Å²) in [5.41, 5.74) is -0.863. The van der Waals surface area contributed by atoms with E-state index in [1.54, 1.807) is 0 Å². The van der Waals surface area contributed by atoms with Gasteiger partial charge in [-0.1, -0.05) is 6.07 Å². The summed E-state index contributed by atoms with van der Waals surface area (Å²) in [5, 5.41) is 0. The minimum absolute atomic E-state index is 0. The van der Waals surface area contributed by atoms with Crippen LogP contribution >= 0.6 is 0 Å². The van der Waals surface area contributed by atoms with Gasteiger partial charge in [-0.2, -0.15) is 0 Å². The van der Waals surface area contributed by atoms with Gasteiger partial charge in [0, 0.05) is 0 Å². The molecule has 7 heteroatoms. The normalized spacial score (nSPS) is 10.6. The Morgan fingerprint density at radius 2 is 1.79 bits per heavy atom. The number of hydrogen-bond acceptors (Lipinski definition) is 1. The first-order valence-corrected chi connectivity index (χ1v) is 3.48. The van der Waals surface area contributed by atoms with Crippen LogP contribution in [0.15, 0.2) is 18.2 Å². The molecule has 0 atom stereocenters. The van der Waals surface area contributed by atoms with Crippen LogP contribution in [0.2, 0.25) is 0 Å². The maximum atomic E-state index is 12.7. The first kappa shape index (κ1) is 14.4. The minimum Gasteiger partial charge on any atom is -0.494 e. The Bertz CT molecular complexity index is 315. The van der Waals surface area contributed by atoms with Crippen molar-refractivity contribution in [1.82, 2.24) is 0 Å². The second-order valence-corrected chi connectivity index (χ2v) is 2.47. The van der Waals surface area contributed by atoms with Gasteiger partial charge in [0.1, 0.15) is 0 Å². The van der Waals surface area contributed by atoms with Crippen LogP contribution in [-0.2, 0) is 0 Å². The van der Waals surface area contributed by atoms with Gasteiger partial charge in [0.2, 0.25) is 0 Å². The molecule has 0 aliphatic carbocycles. The number of ether oxygens (including phenoxy) is 1. The van der Waals surface area contributed by atoms with Crippen LogP contribution < -0.4 is 61.6 Å². The minimum atomic E-state index is -5.09. The van der Waals surface area contributed by atoms with E-state index in [0.717, 1.165) is 13.2 Å². The Morgan fingerprint density at radius 3 is 2.21 bits per heavy atom. The third-order valence-electron chi connectivity index (χ3n) is 1.55. The molecule has 1 aromatic carbocycles. The van der Waals surface area contributed by atoms with Crippen molar-refractivity contribution < 1.29 is 73.5 Å². The molecule has 14 heavy (non-hydrogen) atoms. The molecule has 1 rings (SSSR count).